The average molecular weight is 407 g/mol. The van der Waals surface area contributed by atoms with Gasteiger partial charge in [-0.25, -0.2) is 0 Å². The Morgan fingerprint density at radius 3 is 2.56 bits per heavy atom. The number of aromatic hydroxyl groups is 1. The quantitative estimate of drug-likeness (QED) is 0.692. The van der Waals surface area contributed by atoms with E-state index in [1.54, 1.807) is 18.2 Å². The number of carbonyl (C=O) groups excluding carboxylic acids is 1. The predicted molar refractivity (Wildman–Crippen MR) is 111 cm³/mol. The number of hydrogen-bond acceptors (Lipinski definition) is 4. The molecule has 1 aromatic heterocycles. The molecular weight excluding hydrogens is 382 g/mol. The molecule has 1 fully saturated rings. The van der Waals surface area contributed by atoms with Gasteiger partial charge in [0, 0.05) is 17.1 Å². The van der Waals surface area contributed by atoms with Crippen LogP contribution >= 0.6 is 22.9 Å². The maximum absolute atomic E-state index is 12.8. The van der Waals surface area contributed by atoms with E-state index in [0.717, 1.165) is 41.1 Å². The second-order valence-corrected chi connectivity index (χ2v) is 8.50. The van der Waals surface area contributed by atoms with Gasteiger partial charge in [-0.05, 0) is 36.4 Å². The molecule has 2 heterocycles. The number of amides is 1. The van der Waals surface area contributed by atoms with E-state index >= 15 is 0 Å². The molecule has 144 valence electrons. The molecule has 27 heavy (non-hydrogen) atoms. The van der Waals surface area contributed by atoms with Crippen LogP contribution in [0.3, 0.4) is 0 Å². The number of benzene rings is 1. The van der Waals surface area contributed by atoms with Crippen molar-refractivity contribution in [2.75, 3.05) is 44.2 Å². The Kier molecular flexibility index (Phi) is 6.77. The lowest BCUT2D eigenvalue weighted by Crippen LogP contribution is -3.15. The van der Waals surface area contributed by atoms with Gasteiger partial charge in [0.05, 0.1) is 37.1 Å². The first-order valence-corrected chi connectivity index (χ1v) is 10.2. The van der Waals surface area contributed by atoms with Crippen molar-refractivity contribution in [2.45, 2.75) is 6.54 Å². The lowest BCUT2D eigenvalue weighted by molar-refractivity contribution is -0.892. The SMILES string of the molecule is C=CCN(Cc1ccc(Cl)s1)C(=O)C[NH+]1CCN(c2ccc(O)cc2)CC1. The molecule has 7 heteroatoms. The summed E-state index contributed by atoms with van der Waals surface area (Å²) in [5.41, 5.74) is 1.11. The molecule has 0 aliphatic carbocycles. The maximum atomic E-state index is 12.8. The number of nitrogens with one attached hydrogen (secondary N) is 1. The fourth-order valence-electron chi connectivity index (χ4n) is 3.28. The molecule has 0 atom stereocenters. The number of phenolic OH excluding ortho intramolecular Hbond substituents is 1. The molecule has 5 nitrogen and oxygen atoms in total. The van der Waals surface area contributed by atoms with Crippen LogP contribution in [0.1, 0.15) is 4.88 Å². The Morgan fingerprint density at radius 1 is 1.26 bits per heavy atom. The van der Waals surface area contributed by atoms with Crippen LogP contribution < -0.4 is 9.80 Å². The average Bonchev–Trinajstić information content (AvgIpc) is 3.07. The predicted octanol–water partition coefficient (Wildman–Crippen LogP) is 2.03. The van der Waals surface area contributed by atoms with Gasteiger partial charge in [0.15, 0.2) is 6.54 Å². The van der Waals surface area contributed by atoms with Crippen molar-refractivity contribution >= 4 is 34.5 Å². The summed E-state index contributed by atoms with van der Waals surface area (Å²) in [4.78, 5) is 19.3. The monoisotopic (exact) mass is 406 g/mol. The van der Waals surface area contributed by atoms with Gasteiger partial charge in [0.2, 0.25) is 0 Å². The third kappa shape index (κ3) is 5.48. The smallest absolute Gasteiger partial charge is 0.278 e. The minimum Gasteiger partial charge on any atom is -0.508 e. The van der Waals surface area contributed by atoms with E-state index in [4.69, 9.17) is 11.6 Å². The summed E-state index contributed by atoms with van der Waals surface area (Å²) in [5.74, 6) is 0.426. The highest BCUT2D eigenvalue weighted by Crippen LogP contribution is 2.22. The van der Waals surface area contributed by atoms with Gasteiger partial charge >= 0.3 is 0 Å². The highest BCUT2D eigenvalue weighted by Gasteiger charge is 2.25. The number of hydrogen-bond donors (Lipinski definition) is 2. The summed E-state index contributed by atoms with van der Waals surface area (Å²) in [6, 6.07) is 11.1. The second-order valence-electron chi connectivity index (χ2n) is 6.70. The van der Waals surface area contributed by atoms with Crippen molar-refractivity contribution in [2.24, 2.45) is 0 Å². The summed E-state index contributed by atoms with van der Waals surface area (Å²) in [6.45, 7) is 9.02. The molecule has 2 aromatic rings. The lowest BCUT2D eigenvalue weighted by atomic mass is 10.2. The molecule has 2 N–H and O–H groups in total. The summed E-state index contributed by atoms with van der Waals surface area (Å²) in [7, 11) is 0. The van der Waals surface area contributed by atoms with Crippen LogP contribution in [0, 0.1) is 0 Å². The molecule has 3 rings (SSSR count). The molecular formula is C20H25ClN3O2S+. The minimum atomic E-state index is 0.146. The number of thiophene rings is 1. The Hall–Kier alpha value is -2.02. The van der Waals surface area contributed by atoms with Crippen molar-refractivity contribution in [1.29, 1.82) is 0 Å². The van der Waals surface area contributed by atoms with Crippen LogP contribution in [-0.2, 0) is 11.3 Å². The molecule has 0 spiro atoms. The molecule has 1 saturated heterocycles. The van der Waals surface area contributed by atoms with E-state index in [1.807, 2.05) is 29.2 Å². The fourth-order valence-corrected chi connectivity index (χ4v) is 4.39. The highest BCUT2D eigenvalue weighted by molar-refractivity contribution is 7.16. The standard InChI is InChI=1S/C20H24ClN3O2S/c1-2-9-24(14-18-7-8-19(21)27-18)20(26)15-22-10-12-23(13-11-22)16-3-5-17(25)6-4-16/h2-8,25H,1,9-15H2/p+1. The van der Waals surface area contributed by atoms with Gasteiger partial charge in [0.1, 0.15) is 5.75 Å². The second kappa shape index (κ2) is 9.26. The highest BCUT2D eigenvalue weighted by atomic mass is 35.5. The van der Waals surface area contributed by atoms with E-state index in [-0.39, 0.29) is 11.7 Å². The summed E-state index contributed by atoms with van der Waals surface area (Å²) in [6.07, 6.45) is 1.77. The van der Waals surface area contributed by atoms with Crippen molar-refractivity contribution in [1.82, 2.24) is 4.90 Å². The number of quaternary nitrogens is 1. The number of rotatable bonds is 7. The molecule has 1 amide bonds. The molecule has 0 saturated carbocycles. The van der Waals surface area contributed by atoms with Gasteiger partial charge in [-0.1, -0.05) is 17.7 Å². The zero-order chi connectivity index (χ0) is 19.2. The summed E-state index contributed by atoms with van der Waals surface area (Å²) < 4.78 is 0.743. The first-order valence-electron chi connectivity index (χ1n) is 9.05. The Morgan fingerprint density at radius 2 is 1.96 bits per heavy atom. The maximum Gasteiger partial charge on any atom is 0.278 e. The Labute approximate surface area is 169 Å². The summed E-state index contributed by atoms with van der Waals surface area (Å²) in [5, 5.41) is 9.42. The normalized spacial score (nSPS) is 14.9. The van der Waals surface area contributed by atoms with Crippen molar-refractivity contribution in [3.05, 3.63) is 58.3 Å². The van der Waals surface area contributed by atoms with Crippen molar-refractivity contribution in [3.8, 4) is 5.75 Å². The van der Waals surface area contributed by atoms with Gasteiger partial charge < -0.3 is 19.8 Å². The van der Waals surface area contributed by atoms with Crippen LogP contribution in [0.4, 0.5) is 5.69 Å². The topological polar surface area (TPSA) is 48.2 Å². The Balaban J connectivity index is 1.52. The largest absolute Gasteiger partial charge is 0.508 e. The third-order valence-corrected chi connectivity index (χ3v) is 5.98. The van der Waals surface area contributed by atoms with Crippen LogP contribution in [0.15, 0.2) is 49.1 Å². The molecule has 1 aromatic carbocycles. The van der Waals surface area contributed by atoms with Gasteiger partial charge in [-0.3, -0.25) is 4.79 Å². The van der Waals surface area contributed by atoms with Crippen LogP contribution in [0.2, 0.25) is 4.34 Å². The molecule has 0 radical (unpaired) electrons. The van der Waals surface area contributed by atoms with E-state index < -0.39 is 0 Å². The number of carbonyl (C=O) groups is 1. The number of nitrogens with zero attached hydrogens (tertiary/aromatic N) is 2. The van der Waals surface area contributed by atoms with Gasteiger partial charge in [-0.15, -0.1) is 17.9 Å². The third-order valence-electron chi connectivity index (χ3n) is 4.76. The van der Waals surface area contributed by atoms with Crippen molar-refractivity contribution in [3.63, 3.8) is 0 Å². The lowest BCUT2D eigenvalue weighted by Gasteiger charge is -2.34. The van der Waals surface area contributed by atoms with Crippen LogP contribution in [0.25, 0.3) is 0 Å². The van der Waals surface area contributed by atoms with E-state index in [0.29, 0.717) is 19.6 Å². The minimum absolute atomic E-state index is 0.146. The Bertz CT molecular complexity index is 770. The van der Waals surface area contributed by atoms with Crippen LogP contribution in [-0.4, -0.2) is 55.2 Å². The first kappa shape index (κ1) is 19.7. The summed E-state index contributed by atoms with van der Waals surface area (Å²) >= 11 is 7.51. The molecule has 1 aliphatic heterocycles. The molecule has 1 aliphatic rings. The molecule has 0 bridgehead atoms. The van der Waals surface area contributed by atoms with E-state index in [1.165, 1.54) is 16.2 Å². The number of halogens is 1. The van der Waals surface area contributed by atoms with E-state index in [2.05, 4.69) is 11.5 Å². The number of phenols is 1. The number of anilines is 1. The first-order chi connectivity index (χ1) is 13.0. The molecule has 0 unspecified atom stereocenters. The van der Waals surface area contributed by atoms with Gasteiger partial charge in [0.25, 0.3) is 5.91 Å². The fraction of sp³-hybridized carbons (Fsp3) is 0.350. The van der Waals surface area contributed by atoms with E-state index in [9.17, 15) is 9.90 Å². The zero-order valence-corrected chi connectivity index (χ0v) is 16.8. The van der Waals surface area contributed by atoms with Gasteiger partial charge in [-0.2, -0.15) is 0 Å². The number of piperazine rings is 1. The van der Waals surface area contributed by atoms with Crippen LogP contribution in [0.5, 0.6) is 5.75 Å². The zero-order valence-electron chi connectivity index (χ0n) is 15.2. The van der Waals surface area contributed by atoms with Crippen molar-refractivity contribution < 1.29 is 14.8 Å².